The molecule has 0 spiro atoms. The first kappa shape index (κ1) is 26.8. The van der Waals surface area contributed by atoms with Crippen molar-refractivity contribution in [2.24, 2.45) is 5.41 Å². The van der Waals surface area contributed by atoms with E-state index in [1.807, 2.05) is 27.7 Å². The first-order valence-electron chi connectivity index (χ1n) is 10.7. The molecular formula is C23H30BN3O7. The Balaban J connectivity index is 2.57. The van der Waals surface area contributed by atoms with Crippen molar-refractivity contribution in [2.75, 3.05) is 7.11 Å². The number of methoxy groups -OCH3 is 1. The molecule has 0 saturated carbocycles. The Hall–Kier alpha value is -3.44. The Bertz CT molecular complexity index is 1080. The van der Waals surface area contributed by atoms with Crippen LogP contribution in [0.4, 0.5) is 5.69 Å². The van der Waals surface area contributed by atoms with Gasteiger partial charge in [-0.05, 0) is 42.4 Å². The second kappa shape index (κ2) is 10.7. The standard InChI is InChI=1S/C23H30BN3O7/c1-7-20(23(3,4)5)26(22(29)18-9-8-10-19(34-6)14(18)2)25-21(28)15-11-16(24(30)31)13-17(12-15)27(32)33/h8-13,20,30-31H,7H2,1-6H3,(H,25,28). The van der Waals surface area contributed by atoms with Crippen LogP contribution in [0, 0.1) is 22.5 Å². The van der Waals surface area contributed by atoms with E-state index in [-0.39, 0.29) is 11.0 Å². The van der Waals surface area contributed by atoms with Gasteiger partial charge in [0.25, 0.3) is 17.5 Å². The van der Waals surface area contributed by atoms with Crippen molar-refractivity contribution in [3.8, 4) is 5.75 Å². The molecule has 3 N–H and O–H groups in total. The van der Waals surface area contributed by atoms with Gasteiger partial charge in [-0.2, -0.15) is 0 Å². The lowest BCUT2D eigenvalue weighted by Crippen LogP contribution is -2.56. The SMILES string of the molecule is CCC(N(NC(=O)c1cc(B(O)O)cc([N+](=O)[O-])c1)C(=O)c1cccc(OC)c1C)C(C)(C)C. The van der Waals surface area contributed by atoms with E-state index in [4.69, 9.17) is 4.74 Å². The van der Waals surface area contributed by atoms with Gasteiger partial charge in [-0.15, -0.1) is 0 Å². The first-order chi connectivity index (χ1) is 15.8. The normalized spacial score (nSPS) is 12.0. The van der Waals surface area contributed by atoms with E-state index >= 15 is 0 Å². The van der Waals surface area contributed by atoms with E-state index in [1.54, 1.807) is 25.1 Å². The van der Waals surface area contributed by atoms with Crippen molar-refractivity contribution in [3.05, 3.63) is 63.2 Å². The van der Waals surface area contributed by atoms with Crippen LogP contribution in [0.15, 0.2) is 36.4 Å². The number of benzene rings is 2. The number of hydrogen-bond donors (Lipinski definition) is 3. The molecule has 2 amide bonds. The number of nitrogens with zero attached hydrogens (tertiary/aromatic N) is 2. The molecule has 2 aromatic rings. The van der Waals surface area contributed by atoms with Crippen molar-refractivity contribution in [2.45, 2.75) is 47.1 Å². The molecule has 0 aliphatic carbocycles. The summed E-state index contributed by atoms with van der Waals surface area (Å²) in [5.74, 6) is -0.761. The molecule has 0 aliphatic heterocycles. The minimum Gasteiger partial charge on any atom is -0.496 e. The summed E-state index contributed by atoms with van der Waals surface area (Å²) in [4.78, 5) is 37.4. The highest BCUT2D eigenvalue weighted by atomic mass is 16.6. The highest BCUT2D eigenvalue weighted by Crippen LogP contribution is 2.29. The van der Waals surface area contributed by atoms with Crippen molar-refractivity contribution in [1.82, 2.24) is 10.4 Å². The summed E-state index contributed by atoms with van der Waals surface area (Å²) in [6.45, 7) is 9.41. The number of rotatable bonds is 7. The van der Waals surface area contributed by atoms with Gasteiger partial charge >= 0.3 is 7.12 Å². The number of amides is 2. The predicted molar refractivity (Wildman–Crippen MR) is 128 cm³/mol. The minimum absolute atomic E-state index is 0.193. The fourth-order valence-corrected chi connectivity index (χ4v) is 3.84. The van der Waals surface area contributed by atoms with Gasteiger partial charge in [0.05, 0.1) is 18.1 Å². The summed E-state index contributed by atoms with van der Waals surface area (Å²) in [5.41, 5.74) is 2.20. The molecule has 0 saturated heterocycles. The van der Waals surface area contributed by atoms with Crippen LogP contribution in [0.5, 0.6) is 5.75 Å². The van der Waals surface area contributed by atoms with Gasteiger partial charge in [0.2, 0.25) is 0 Å². The van der Waals surface area contributed by atoms with Crippen molar-refractivity contribution >= 4 is 30.1 Å². The van der Waals surface area contributed by atoms with Crippen molar-refractivity contribution in [1.29, 1.82) is 0 Å². The molecule has 182 valence electrons. The van der Waals surface area contributed by atoms with Crippen molar-refractivity contribution in [3.63, 3.8) is 0 Å². The molecule has 1 unspecified atom stereocenters. The molecule has 1 atom stereocenters. The lowest BCUT2D eigenvalue weighted by atomic mass is 9.79. The molecule has 0 bridgehead atoms. The summed E-state index contributed by atoms with van der Waals surface area (Å²) < 4.78 is 5.32. The molecule has 2 rings (SSSR count). The zero-order valence-electron chi connectivity index (χ0n) is 20.2. The summed E-state index contributed by atoms with van der Waals surface area (Å²) >= 11 is 0. The topological polar surface area (TPSA) is 142 Å². The predicted octanol–water partition coefficient (Wildman–Crippen LogP) is 2.20. The summed E-state index contributed by atoms with van der Waals surface area (Å²) in [7, 11) is -0.517. The maximum Gasteiger partial charge on any atom is 0.488 e. The Kier molecular flexibility index (Phi) is 8.41. The fraction of sp³-hybridized carbons (Fsp3) is 0.391. The number of hydrogen-bond acceptors (Lipinski definition) is 7. The molecular weight excluding hydrogens is 441 g/mol. The maximum atomic E-state index is 13.7. The third-order valence-electron chi connectivity index (χ3n) is 5.58. The number of nitrogens with one attached hydrogen (secondary N) is 1. The Labute approximate surface area is 198 Å². The van der Waals surface area contributed by atoms with Gasteiger partial charge in [0.1, 0.15) is 5.75 Å². The summed E-state index contributed by atoms with van der Waals surface area (Å²) in [5, 5.41) is 31.5. The zero-order chi connectivity index (χ0) is 25.8. The summed E-state index contributed by atoms with van der Waals surface area (Å²) in [6, 6.07) is 7.70. The number of hydrazine groups is 1. The van der Waals surface area contributed by atoms with E-state index in [1.165, 1.54) is 12.1 Å². The Morgan fingerprint density at radius 2 is 1.88 bits per heavy atom. The van der Waals surface area contributed by atoms with Crippen LogP contribution in [0.1, 0.15) is 60.4 Å². The van der Waals surface area contributed by atoms with Crippen LogP contribution in [0.2, 0.25) is 0 Å². The second-order valence-corrected chi connectivity index (χ2v) is 8.98. The number of carbonyl (C=O) groups excluding carboxylic acids is 2. The molecule has 0 radical (unpaired) electrons. The van der Waals surface area contributed by atoms with E-state index in [0.29, 0.717) is 23.3 Å². The minimum atomic E-state index is -2.01. The maximum absolute atomic E-state index is 13.7. The van der Waals surface area contributed by atoms with E-state index in [9.17, 15) is 29.8 Å². The smallest absolute Gasteiger partial charge is 0.488 e. The Morgan fingerprint density at radius 3 is 2.38 bits per heavy atom. The average Bonchev–Trinajstić information content (AvgIpc) is 2.77. The average molecular weight is 471 g/mol. The van der Waals surface area contributed by atoms with Crippen LogP contribution >= 0.6 is 0 Å². The van der Waals surface area contributed by atoms with Gasteiger partial charge in [0.15, 0.2) is 0 Å². The lowest BCUT2D eigenvalue weighted by molar-refractivity contribution is -0.384. The third-order valence-corrected chi connectivity index (χ3v) is 5.58. The molecule has 0 heterocycles. The summed E-state index contributed by atoms with van der Waals surface area (Å²) in [6.07, 6.45) is 0.508. The largest absolute Gasteiger partial charge is 0.496 e. The highest BCUT2D eigenvalue weighted by molar-refractivity contribution is 6.58. The van der Waals surface area contributed by atoms with Crippen LogP contribution in [-0.2, 0) is 0 Å². The number of carbonyl (C=O) groups is 2. The highest BCUT2D eigenvalue weighted by Gasteiger charge is 2.35. The fourth-order valence-electron chi connectivity index (χ4n) is 3.84. The zero-order valence-corrected chi connectivity index (χ0v) is 20.2. The third kappa shape index (κ3) is 5.92. The molecule has 34 heavy (non-hydrogen) atoms. The van der Waals surface area contributed by atoms with Crippen LogP contribution in [0.25, 0.3) is 0 Å². The number of non-ortho nitro benzene ring substituents is 1. The van der Waals surface area contributed by atoms with E-state index in [2.05, 4.69) is 5.43 Å². The van der Waals surface area contributed by atoms with Crippen LogP contribution in [0.3, 0.4) is 0 Å². The van der Waals surface area contributed by atoms with E-state index in [0.717, 1.165) is 18.2 Å². The van der Waals surface area contributed by atoms with Crippen LogP contribution in [-0.4, -0.2) is 52.1 Å². The molecule has 2 aromatic carbocycles. The quantitative estimate of drug-likeness (QED) is 0.319. The van der Waals surface area contributed by atoms with Gasteiger partial charge in [-0.1, -0.05) is 33.8 Å². The molecule has 11 heteroatoms. The van der Waals surface area contributed by atoms with Gasteiger partial charge in [-0.3, -0.25) is 25.1 Å². The second-order valence-electron chi connectivity index (χ2n) is 8.98. The Morgan fingerprint density at radius 1 is 1.24 bits per heavy atom. The van der Waals surface area contributed by atoms with Crippen molar-refractivity contribution < 1.29 is 29.3 Å². The van der Waals surface area contributed by atoms with Gasteiger partial charge in [-0.25, -0.2) is 5.01 Å². The lowest BCUT2D eigenvalue weighted by Gasteiger charge is -2.39. The molecule has 10 nitrogen and oxygen atoms in total. The van der Waals surface area contributed by atoms with Gasteiger partial charge < -0.3 is 14.8 Å². The van der Waals surface area contributed by atoms with E-state index < -0.39 is 41.0 Å². The molecule has 0 fully saturated rings. The molecule has 0 aliphatic rings. The monoisotopic (exact) mass is 471 g/mol. The molecule has 0 aromatic heterocycles. The number of nitro benzene ring substituents is 1. The number of ether oxygens (including phenoxy) is 1. The number of nitro groups is 1. The first-order valence-corrected chi connectivity index (χ1v) is 10.7. The van der Waals surface area contributed by atoms with Gasteiger partial charge in [0, 0.05) is 28.8 Å². The van der Waals surface area contributed by atoms with Crippen LogP contribution < -0.4 is 15.6 Å².